The molecule has 2 aromatic rings. The SMILES string of the molecule is COC(=O)[C@@H]1C[C@H](C(=O)NCc2cnn(C)c2C)[C@H](c2ccccc2F)N1C. The summed E-state index contributed by atoms with van der Waals surface area (Å²) in [5.74, 6) is -1.63. The number of amides is 1. The van der Waals surface area contributed by atoms with Gasteiger partial charge >= 0.3 is 5.97 Å². The number of hydrogen-bond donors (Lipinski definition) is 1. The van der Waals surface area contributed by atoms with E-state index in [0.717, 1.165) is 11.3 Å². The number of ether oxygens (including phenoxy) is 1. The van der Waals surface area contributed by atoms with E-state index in [-0.39, 0.29) is 12.3 Å². The van der Waals surface area contributed by atoms with Crippen LogP contribution in [0.25, 0.3) is 0 Å². The second kappa shape index (κ2) is 8.10. The average molecular weight is 388 g/mol. The first-order chi connectivity index (χ1) is 13.3. The summed E-state index contributed by atoms with van der Waals surface area (Å²) in [4.78, 5) is 26.9. The Bertz CT molecular complexity index is 882. The van der Waals surface area contributed by atoms with Crippen LogP contribution in [-0.2, 0) is 27.9 Å². The third-order valence-electron chi connectivity index (χ3n) is 5.61. The zero-order chi connectivity index (χ0) is 20.4. The smallest absolute Gasteiger partial charge is 0.323 e. The van der Waals surface area contributed by atoms with Crippen LogP contribution in [0.3, 0.4) is 0 Å². The Morgan fingerprint density at radius 2 is 2.04 bits per heavy atom. The third kappa shape index (κ3) is 3.64. The van der Waals surface area contributed by atoms with Crippen LogP contribution < -0.4 is 5.32 Å². The molecule has 0 aliphatic carbocycles. The van der Waals surface area contributed by atoms with Crippen molar-refractivity contribution in [3.05, 3.63) is 53.1 Å². The second-order valence-electron chi connectivity index (χ2n) is 7.11. The maximum Gasteiger partial charge on any atom is 0.323 e. The second-order valence-corrected chi connectivity index (χ2v) is 7.11. The lowest BCUT2D eigenvalue weighted by molar-refractivity contribution is -0.145. The van der Waals surface area contributed by atoms with Crippen molar-refractivity contribution in [2.24, 2.45) is 13.0 Å². The van der Waals surface area contributed by atoms with Gasteiger partial charge in [-0.15, -0.1) is 0 Å². The van der Waals surface area contributed by atoms with Crippen LogP contribution in [0, 0.1) is 18.7 Å². The normalized spacial score (nSPS) is 22.2. The zero-order valence-corrected chi connectivity index (χ0v) is 16.5. The summed E-state index contributed by atoms with van der Waals surface area (Å²) in [6.45, 7) is 2.25. The van der Waals surface area contributed by atoms with Crippen LogP contribution in [0.1, 0.15) is 29.3 Å². The van der Waals surface area contributed by atoms with Crippen LogP contribution >= 0.6 is 0 Å². The van der Waals surface area contributed by atoms with Gasteiger partial charge in [0.15, 0.2) is 0 Å². The van der Waals surface area contributed by atoms with Gasteiger partial charge < -0.3 is 10.1 Å². The molecule has 1 N–H and O–H groups in total. The zero-order valence-electron chi connectivity index (χ0n) is 16.5. The summed E-state index contributed by atoms with van der Waals surface area (Å²) >= 11 is 0. The molecule has 0 saturated carbocycles. The van der Waals surface area contributed by atoms with Crippen LogP contribution in [0.4, 0.5) is 4.39 Å². The third-order valence-corrected chi connectivity index (χ3v) is 5.61. The number of nitrogens with zero attached hydrogens (tertiary/aromatic N) is 3. The number of benzene rings is 1. The molecular formula is C20H25FN4O3. The lowest BCUT2D eigenvalue weighted by Gasteiger charge is -2.27. The standard InChI is InChI=1S/C20H25FN4O3/c1-12-13(11-23-25(12)3)10-22-19(26)15-9-17(20(27)28-4)24(2)18(15)14-7-5-6-8-16(14)21/h5-8,11,15,17-18H,9-10H2,1-4H3,(H,22,26)/t15-,17-,18-/m0/s1. The van der Waals surface area contributed by atoms with Crippen molar-refractivity contribution in [2.45, 2.75) is 32.0 Å². The number of carbonyl (C=O) groups is 2. The summed E-state index contributed by atoms with van der Waals surface area (Å²) in [5.41, 5.74) is 2.27. The molecule has 1 aliphatic heterocycles. The Morgan fingerprint density at radius 3 is 2.64 bits per heavy atom. The van der Waals surface area contributed by atoms with E-state index in [1.54, 1.807) is 41.0 Å². The highest BCUT2D eigenvalue weighted by atomic mass is 19.1. The molecule has 8 heteroatoms. The molecule has 1 fully saturated rings. The predicted octanol–water partition coefficient (Wildman–Crippen LogP) is 1.72. The van der Waals surface area contributed by atoms with Crippen molar-refractivity contribution in [3.8, 4) is 0 Å². The average Bonchev–Trinajstić information content (AvgIpc) is 3.19. The number of likely N-dealkylation sites (tertiary alicyclic amines) is 1. The molecule has 3 atom stereocenters. The topological polar surface area (TPSA) is 76.5 Å². The van der Waals surface area contributed by atoms with Gasteiger partial charge in [0.25, 0.3) is 0 Å². The number of likely N-dealkylation sites (N-methyl/N-ethyl adjacent to an activating group) is 1. The largest absolute Gasteiger partial charge is 0.468 e. The van der Waals surface area contributed by atoms with E-state index in [1.807, 2.05) is 14.0 Å². The lowest BCUT2D eigenvalue weighted by Crippen LogP contribution is -2.36. The fourth-order valence-electron chi connectivity index (χ4n) is 3.84. The van der Waals surface area contributed by atoms with Crippen LogP contribution in [-0.4, -0.2) is 46.8 Å². The Balaban J connectivity index is 1.85. The minimum atomic E-state index is -0.606. The van der Waals surface area contributed by atoms with Crippen molar-refractivity contribution in [1.82, 2.24) is 20.0 Å². The van der Waals surface area contributed by atoms with Crippen molar-refractivity contribution in [1.29, 1.82) is 0 Å². The molecule has 2 heterocycles. The Kier molecular flexibility index (Phi) is 5.79. The number of nitrogens with one attached hydrogen (secondary N) is 1. The molecule has 0 unspecified atom stereocenters. The van der Waals surface area contributed by atoms with Gasteiger partial charge in [-0.3, -0.25) is 19.2 Å². The summed E-state index contributed by atoms with van der Waals surface area (Å²) in [6.07, 6.45) is 1.97. The molecule has 28 heavy (non-hydrogen) atoms. The first kappa shape index (κ1) is 20.0. The Hall–Kier alpha value is -2.74. The van der Waals surface area contributed by atoms with Gasteiger partial charge in [-0.25, -0.2) is 4.39 Å². The van der Waals surface area contributed by atoms with Gasteiger partial charge in [0, 0.05) is 36.5 Å². The van der Waals surface area contributed by atoms with Crippen molar-refractivity contribution >= 4 is 11.9 Å². The van der Waals surface area contributed by atoms with Gasteiger partial charge in [0.1, 0.15) is 11.9 Å². The molecule has 1 amide bonds. The number of esters is 1. The fourth-order valence-corrected chi connectivity index (χ4v) is 3.84. The van der Waals surface area contributed by atoms with Crippen LogP contribution in [0.15, 0.2) is 30.5 Å². The van der Waals surface area contributed by atoms with Crippen molar-refractivity contribution in [3.63, 3.8) is 0 Å². The first-order valence-electron chi connectivity index (χ1n) is 9.14. The van der Waals surface area contributed by atoms with E-state index in [1.165, 1.54) is 13.2 Å². The first-order valence-corrected chi connectivity index (χ1v) is 9.14. The summed E-state index contributed by atoms with van der Waals surface area (Å²) in [6, 6.07) is 5.19. The summed E-state index contributed by atoms with van der Waals surface area (Å²) < 4.78 is 21.1. The Labute approximate surface area is 163 Å². The number of methoxy groups -OCH3 is 1. The molecule has 0 spiro atoms. The highest BCUT2D eigenvalue weighted by Gasteiger charge is 2.47. The van der Waals surface area contributed by atoms with Crippen molar-refractivity contribution < 1.29 is 18.7 Å². The van der Waals surface area contributed by atoms with E-state index in [4.69, 9.17) is 4.74 Å². The maximum atomic E-state index is 14.5. The predicted molar refractivity (Wildman–Crippen MR) is 101 cm³/mol. The summed E-state index contributed by atoms with van der Waals surface area (Å²) in [7, 11) is 4.87. The molecular weight excluding hydrogens is 363 g/mol. The number of rotatable bonds is 5. The molecule has 1 saturated heterocycles. The molecule has 1 aromatic heterocycles. The van der Waals surface area contributed by atoms with Gasteiger partial charge in [-0.2, -0.15) is 5.10 Å². The van der Waals surface area contributed by atoms with Gasteiger partial charge in [0.2, 0.25) is 5.91 Å². The van der Waals surface area contributed by atoms with E-state index < -0.39 is 29.8 Å². The minimum Gasteiger partial charge on any atom is -0.468 e. The van der Waals surface area contributed by atoms with E-state index in [0.29, 0.717) is 12.1 Å². The number of carbonyl (C=O) groups excluding carboxylic acids is 2. The highest BCUT2D eigenvalue weighted by molar-refractivity contribution is 5.83. The maximum absolute atomic E-state index is 14.5. The van der Waals surface area contributed by atoms with Gasteiger partial charge in [-0.05, 0) is 26.5 Å². The Morgan fingerprint density at radius 1 is 1.32 bits per heavy atom. The molecule has 0 radical (unpaired) electrons. The van der Waals surface area contributed by atoms with Crippen molar-refractivity contribution in [2.75, 3.05) is 14.2 Å². The molecule has 1 aromatic carbocycles. The fraction of sp³-hybridized carbons (Fsp3) is 0.450. The minimum absolute atomic E-state index is 0.227. The monoisotopic (exact) mass is 388 g/mol. The van der Waals surface area contributed by atoms with E-state index in [9.17, 15) is 14.0 Å². The lowest BCUT2D eigenvalue weighted by atomic mass is 9.92. The van der Waals surface area contributed by atoms with E-state index in [2.05, 4.69) is 10.4 Å². The molecule has 0 bridgehead atoms. The summed E-state index contributed by atoms with van der Waals surface area (Å²) in [5, 5.41) is 7.09. The number of hydrogen-bond acceptors (Lipinski definition) is 5. The number of aromatic nitrogens is 2. The van der Waals surface area contributed by atoms with Crippen LogP contribution in [0.2, 0.25) is 0 Å². The number of halogens is 1. The molecule has 1 aliphatic rings. The molecule has 7 nitrogen and oxygen atoms in total. The molecule has 150 valence electrons. The van der Waals surface area contributed by atoms with Gasteiger partial charge in [-0.1, -0.05) is 18.2 Å². The quantitative estimate of drug-likeness (QED) is 0.790. The van der Waals surface area contributed by atoms with Gasteiger partial charge in [0.05, 0.1) is 19.2 Å². The number of aryl methyl sites for hydroxylation is 1. The molecule has 3 rings (SSSR count). The highest BCUT2D eigenvalue weighted by Crippen LogP contribution is 2.41. The van der Waals surface area contributed by atoms with E-state index >= 15 is 0 Å². The van der Waals surface area contributed by atoms with Crippen LogP contribution in [0.5, 0.6) is 0 Å².